The molecule has 0 bridgehead atoms. The van der Waals surface area contributed by atoms with Crippen molar-refractivity contribution in [1.82, 2.24) is 0 Å². The summed E-state index contributed by atoms with van der Waals surface area (Å²) >= 11 is 2.43. The van der Waals surface area contributed by atoms with Gasteiger partial charge < -0.3 is 23.1 Å². The second-order valence-electron chi connectivity index (χ2n) is 14.9. The third-order valence-electron chi connectivity index (χ3n) is 9.35. The van der Waals surface area contributed by atoms with E-state index in [-0.39, 0.29) is 16.9 Å². The van der Waals surface area contributed by atoms with E-state index in [0.29, 0.717) is 25.6 Å². The molecule has 4 rings (SSSR count). The van der Waals surface area contributed by atoms with Crippen LogP contribution >= 0.6 is 22.6 Å². The minimum absolute atomic E-state index is 0.116. The second-order valence-corrected chi connectivity index (χ2v) is 25.1. The fraction of sp³-hybridized carbons (Fsp3) is 0.366. The number of hydrogen-bond acceptors (Lipinski definition) is 5. The molecule has 0 atom stereocenters. The Balaban J connectivity index is 1.86. The molecule has 0 amide bonds. The smallest absolute Gasteiger partial charge is 0.261 e. The Hall–Kier alpha value is -2.74. The topological polar surface area (TPSA) is 46.2 Å². The molecular weight excluding hydrogens is 756 g/mol. The minimum atomic E-state index is -2.84. The van der Waals surface area contributed by atoms with E-state index in [1.807, 2.05) is 24.3 Å². The van der Waals surface area contributed by atoms with Crippen molar-refractivity contribution in [1.29, 1.82) is 0 Å². The van der Waals surface area contributed by atoms with E-state index in [0.717, 1.165) is 26.0 Å². The molecule has 0 fully saturated rings. The van der Waals surface area contributed by atoms with E-state index in [9.17, 15) is 0 Å². The summed E-state index contributed by atoms with van der Waals surface area (Å²) in [7, 11) is -3.16. The zero-order valence-corrected chi connectivity index (χ0v) is 34.8. The van der Waals surface area contributed by atoms with Crippen molar-refractivity contribution in [3.63, 3.8) is 0 Å². The van der Waals surface area contributed by atoms with Gasteiger partial charge in [0.15, 0.2) is 15.1 Å². The SMILES string of the molecule is COCOc1cc(CO[Si](c2ccccc2)(c2ccccc2)C(C)(C)C)c(/C(I)=C/CO[Si](C)(C)C(C)(C)C)c(OCc2ccccc2)c1. The summed E-state index contributed by atoms with van der Waals surface area (Å²) in [5.41, 5.74) is 3.05. The van der Waals surface area contributed by atoms with Crippen LogP contribution in [0.3, 0.4) is 0 Å². The predicted octanol–water partition coefficient (Wildman–Crippen LogP) is 10.1. The number of hydrogen-bond donors (Lipinski definition) is 0. The third kappa shape index (κ3) is 9.74. The van der Waals surface area contributed by atoms with E-state index in [2.05, 4.69) is 162 Å². The summed E-state index contributed by atoms with van der Waals surface area (Å²) in [6.07, 6.45) is 2.17. The van der Waals surface area contributed by atoms with Gasteiger partial charge in [-0.15, -0.1) is 0 Å². The third-order valence-corrected chi connectivity index (χ3v) is 19.8. The molecule has 0 aliphatic carbocycles. The Morgan fingerprint density at radius 3 is 1.76 bits per heavy atom. The first-order valence-electron chi connectivity index (χ1n) is 16.9. The maximum atomic E-state index is 7.47. The monoisotopic (exact) mass is 808 g/mol. The van der Waals surface area contributed by atoms with Gasteiger partial charge in [-0.05, 0) is 79.4 Å². The Labute approximate surface area is 310 Å². The molecule has 4 aromatic rings. The average molecular weight is 809 g/mol. The molecule has 0 heterocycles. The quantitative estimate of drug-likeness (QED) is 0.0680. The predicted molar refractivity (Wildman–Crippen MR) is 217 cm³/mol. The molecule has 0 aromatic heterocycles. The Bertz CT molecular complexity index is 1610. The number of rotatable bonds is 15. The second kappa shape index (κ2) is 17.0. The fourth-order valence-corrected chi connectivity index (χ4v) is 11.9. The lowest BCUT2D eigenvalue weighted by Gasteiger charge is -2.43. The van der Waals surface area contributed by atoms with E-state index in [4.69, 9.17) is 23.1 Å². The highest BCUT2D eigenvalue weighted by atomic mass is 127. The van der Waals surface area contributed by atoms with Gasteiger partial charge in [0, 0.05) is 22.3 Å². The van der Waals surface area contributed by atoms with E-state index >= 15 is 0 Å². The first kappa shape index (κ1) is 39.1. The number of halogens is 1. The van der Waals surface area contributed by atoms with Crippen molar-refractivity contribution >= 4 is 53.2 Å². The summed E-state index contributed by atoms with van der Waals surface area (Å²) in [6.45, 7) is 19.7. The van der Waals surface area contributed by atoms with Gasteiger partial charge in [0.05, 0.1) is 13.2 Å². The first-order chi connectivity index (χ1) is 23.2. The van der Waals surface area contributed by atoms with Crippen molar-refractivity contribution in [3.05, 3.63) is 126 Å². The Morgan fingerprint density at radius 1 is 0.694 bits per heavy atom. The molecule has 0 aliphatic heterocycles. The standard InChI is InChI=1S/C41H53IO5Si2/c1-40(2,3)48(8,9)46-26-25-37(42)39-33(27-34(45-31-43-7)28-38(39)44-29-32-19-13-10-14-20-32)30-47-49(41(4,5)6,35-21-15-11-16-22-35)36-23-17-12-18-24-36/h10-25,27-28H,26,29-31H2,1-9H3/b37-25-. The molecule has 0 spiro atoms. The van der Waals surface area contributed by atoms with Gasteiger partial charge in [-0.25, -0.2) is 0 Å². The zero-order valence-electron chi connectivity index (χ0n) is 30.6. The lowest BCUT2D eigenvalue weighted by molar-refractivity contribution is 0.0508. The van der Waals surface area contributed by atoms with Gasteiger partial charge in [-0.1, -0.05) is 133 Å². The van der Waals surface area contributed by atoms with Crippen LogP contribution in [0.15, 0.2) is 109 Å². The lowest BCUT2D eigenvalue weighted by atomic mass is 10.1. The summed E-state index contributed by atoms with van der Waals surface area (Å²) < 4.78 is 33.1. The van der Waals surface area contributed by atoms with Gasteiger partial charge >= 0.3 is 0 Å². The molecule has 262 valence electrons. The molecule has 0 saturated heterocycles. The summed E-state index contributed by atoms with van der Waals surface area (Å²) in [5, 5.41) is 2.41. The number of benzene rings is 4. The first-order valence-corrected chi connectivity index (χ1v) is 22.8. The summed E-state index contributed by atoms with van der Waals surface area (Å²) in [5.74, 6) is 1.39. The van der Waals surface area contributed by atoms with Crippen molar-refractivity contribution in [2.75, 3.05) is 20.5 Å². The molecule has 49 heavy (non-hydrogen) atoms. The van der Waals surface area contributed by atoms with Crippen LogP contribution in [0.4, 0.5) is 0 Å². The number of ether oxygens (including phenoxy) is 3. The largest absolute Gasteiger partial charge is 0.488 e. The highest BCUT2D eigenvalue weighted by Gasteiger charge is 2.50. The van der Waals surface area contributed by atoms with Crippen LogP contribution in [0.1, 0.15) is 58.2 Å². The van der Waals surface area contributed by atoms with Crippen molar-refractivity contribution in [2.45, 2.75) is 77.9 Å². The van der Waals surface area contributed by atoms with E-state index < -0.39 is 16.6 Å². The maximum Gasteiger partial charge on any atom is 0.261 e. The van der Waals surface area contributed by atoms with Crippen LogP contribution in [0.2, 0.25) is 23.2 Å². The van der Waals surface area contributed by atoms with E-state index in [1.165, 1.54) is 10.4 Å². The van der Waals surface area contributed by atoms with Gasteiger partial charge in [-0.2, -0.15) is 0 Å². The Kier molecular flexibility index (Phi) is 13.5. The molecule has 0 unspecified atom stereocenters. The normalized spacial score (nSPS) is 13.0. The van der Waals surface area contributed by atoms with Crippen molar-refractivity contribution in [3.8, 4) is 11.5 Å². The highest BCUT2D eigenvalue weighted by molar-refractivity contribution is 14.1. The average Bonchev–Trinajstić information content (AvgIpc) is 3.06. The number of methoxy groups -OCH3 is 1. The molecule has 0 N–H and O–H groups in total. The molecule has 0 aliphatic rings. The highest BCUT2D eigenvalue weighted by Crippen LogP contribution is 2.42. The molecule has 0 saturated carbocycles. The van der Waals surface area contributed by atoms with Crippen LogP contribution in [0.25, 0.3) is 3.58 Å². The van der Waals surface area contributed by atoms with E-state index in [1.54, 1.807) is 7.11 Å². The van der Waals surface area contributed by atoms with Crippen molar-refractivity contribution in [2.24, 2.45) is 0 Å². The van der Waals surface area contributed by atoms with Crippen LogP contribution < -0.4 is 19.8 Å². The molecule has 4 aromatic carbocycles. The lowest BCUT2D eigenvalue weighted by Crippen LogP contribution is -2.66. The minimum Gasteiger partial charge on any atom is -0.488 e. The Morgan fingerprint density at radius 2 is 1.24 bits per heavy atom. The molecule has 0 radical (unpaired) electrons. The molecule has 8 heteroatoms. The van der Waals surface area contributed by atoms with Crippen molar-refractivity contribution < 1.29 is 23.1 Å². The maximum absolute atomic E-state index is 7.47. The zero-order chi connectivity index (χ0) is 35.7. The van der Waals surface area contributed by atoms with Crippen LogP contribution in [0, 0.1) is 0 Å². The van der Waals surface area contributed by atoms with Crippen LogP contribution in [-0.2, 0) is 26.8 Å². The van der Waals surface area contributed by atoms with Gasteiger partial charge in [-0.3, -0.25) is 0 Å². The van der Waals surface area contributed by atoms with Crippen LogP contribution in [-0.4, -0.2) is 37.1 Å². The summed E-state index contributed by atoms with van der Waals surface area (Å²) in [6, 6.07) is 35.7. The molecule has 5 nitrogen and oxygen atoms in total. The summed E-state index contributed by atoms with van der Waals surface area (Å²) in [4.78, 5) is 0. The fourth-order valence-electron chi connectivity index (χ4n) is 5.68. The van der Waals surface area contributed by atoms with Gasteiger partial charge in [0.1, 0.15) is 18.1 Å². The van der Waals surface area contributed by atoms with Gasteiger partial charge in [0.2, 0.25) is 0 Å². The molecular formula is C41H53IO5Si2. The van der Waals surface area contributed by atoms with Gasteiger partial charge in [0.25, 0.3) is 8.32 Å². The van der Waals surface area contributed by atoms with Crippen LogP contribution in [0.5, 0.6) is 11.5 Å².